The van der Waals surface area contributed by atoms with Gasteiger partial charge in [-0.15, -0.1) is 0 Å². The molecule has 1 saturated carbocycles. The summed E-state index contributed by atoms with van der Waals surface area (Å²) in [6.45, 7) is 6.05. The Kier molecular flexibility index (Phi) is 4.85. The molecule has 3 unspecified atom stereocenters. The van der Waals surface area contributed by atoms with E-state index < -0.39 is 10.0 Å². The van der Waals surface area contributed by atoms with E-state index in [1.54, 1.807) is 6.92 Å². The third kappa shape index (κ3) is 3.52. The molecule has 0 aliphatic heterocycles. The molecule has 0 heterocycles. The molecule has 1 aliphatic rings. The number of benzene rings is 1. The zero-order valence-corrected chi connectivity index (χ0v) is 14.3. The Morgan fingerprint density at radius 1 is 1.29 bits per heavy atom. The number of rotatable bonds is 3. The molecule has 1 aromatic rings. The summed E-state index contributed by atoms with van der Waals surface area (Å²) >= 11 is 6.05. The molecular weight excluding hydrogens is 308 g/mol. The van der Waals surface area contributed by atoms with Crippen molar-refractivity contribution in [1.29, 1.82) is 0 Å². The maximum atomic E-state index is 12.5. The molecule has 3 atom stereocenters. The van der Waals surface area contributed by atoms with E-state index in [-0.39, 0.29) is 10.9 Å². The predicted octanol–water partition coefficient (Wildman–Crippen LogP) is 3.33. The molecule has 0 bridgehead atoms. The van der Waals surface area contributed by atoms with Gasteiger partial charge >= 0.3 is 0 Å². The molecule has 6 heteroatoms. The van der Waals surface area contributed by atoms with Crippen molar-refractivity contribution in [2.75, 3.05) is 5.73 Å². The van der Waals surface area contributed by atoms with Gasteiger partial charge in [0.25, 0.3) is 0 Å². The number of hydrogen-bond acceptors (Lipinski definition) is 3. The minimum Gasteiger partial charge on any atom is -0.398 e. The van der Waals surface area contributed by atoms with Crippen LogP contribution in [0.1, 0.15) is 38.7 Å². The second kappa shape index (κ2) is 6.15. The Hall–Kier alpha value is -0.780. The van der Waals surface area contributed by atoms with Crippen LogP contribution < -0.4 is 10.5 Å². The largest absolute Gasteiger partial charge is 0.398 e. The van der Waals surface area contributed by atoms with Crippen LogP contribution in [-0.2, 0) is 10.0 Å². The fourth-order valence-electron chi connectivity index (χ4n) is 2.85. The molecule has 1 aliphatic carbocycles. The lowest BCUT2D eigenvalue weighted by Gasteiger charge is -2.34. The first-order valence-electron chi connectivity index (χ1n) is 7.30. The predicted molar refractivity (Wildman–Crippen MR) is 86.9 cm³/mol. The van der Waals surface area contributed by atoms with E-state index in [0.29, 0.717) is 28.1 Å². The Labute approximate surface area is 132 Å². The number of nitrogens with two attached hydrogens (primary N) is 1. The van der Waals surface area contributed by atoms with Crippen LogP contribution in [0.2, 0.25) is 5.02 Å². The SMILES string of the molecule is Cc1c(N)cc(S(=O)(=O)NC2CCCC(C)C2C)cc1Cl. The van der Waals surface area contributed by atoms with Crippen LogP contribution in [0.3, 0.4) is 0 Å². The maximum Gasteiger partial charge on any atom is 0.240 e. The summed E-state index contributed by atoms with van der Waals surface area (Å²) in [7, 11) is -3.59. The number of nitrogen functional groups attached to an aromatic ring is 1. The Balaban J connectivity index is 2.26. The topological polar surface area (TPSA) is 72.2 Å². The van der Waals surface area contributed by atoms with Crippen molar-refractivity contribution >= 4 is 27.3 Å². The molecule has 4 nitrogen and oxygen atoms in total. The summed E-state index contributed by atoms with van der Waals surface area (Å²) in [5, 5.41) is 0.375. The average molecular weight is 331 g/mol. The first-order valence-corrected chi connectivity index (χ1v) is 9.16. The second-order valence-electron chi connectivity index (χ2n) is 6.11. The highest BCUT2D eigenvalue weighted by Gasteiger charge is 2.31. The van der Waals surface area contributed by atoms with Gasteiger partial charge in [0.05, 0.1) is 4.90 Å². The summed E-state index contributed by atoms with van der Waals surface area (Å²) in [6.07, 6.45) is 3.08. The minimum atomic E-state index is -3.59. The Morgan fingerprint density at radius 3 is 2.57 bits per heavy atom. The summed E-state index contributed by atoms with van der Waals surface area (Å²) in [6, 6.07) is 2.91. The van der Waals surface area contributed by atoms with Crippen LogP contribution in [0.25, 0.3) is 0 Å². The first-order chi connectivity index (χ1) is 9.72. The van der Waals surface area contributed by atoms with Crippen molar-refractivity contribution in [1.82, 2.24) is 4.72 Å². The number of halogens is 1. The van der Waals surface area contributed by atoms with Crippen molar-refractivity contribution in [3.8, 4) is 0 Å². The maximum absolute atomic E-state index is 12.5. The third-order valence-electron chi connectivity index (χ3n) is 4.68. The zero-order chi connectivity index (χ0) is 15.8. The van der Waals surface area contributed by atoms with Crippen LogP contribution in [0.4, 0.5) is 5.69 Å². The van der Waals surface area contributed by atoms with Gasteiger partial charge in [-0.1, -0.05) is 38.3 Å². The summed E-state index contributed by atoms with van der Waals surface area (Å²) < 4.78 is 27.9. The third-order valence-corrected chi connectivity index (χ3v) is 6.54. The summed E-state index contributed by atoms with van der Waals surface area (Å²) in [5.41, 5.74) is 6.92. The standard InChI is InChI=1S/C15H23ClN2O2S/c1-9-5-4-6-15(10(9)2)18-21(19,20)12-7-13(16)11(3)14(17)8-12/h7-10,15,18H,4-6,17H2,1-3H3. The monoisotopic (exact) mass is 330 g/mol. The van der Waals surface area contributed by atoms with E-state index in [9.17, 15) is 8.42 Å². The van der Waals surface area contributed by atoms with Crippen LogP contribution >= 0.6 is 11.6 Å². The van der Waals surface area contributed by atoms with E-state index in [1.165, 1.54) is 12.1 Å². The lowest BCUT2D eigenvalue weighted by molar-refractivity contribution is 0.227. The highest BCUT2D eigenvalue weighted by molar-refractivity contribution is 7.89. The van der Waals surface area contributed by atoms with Crippen molar-refractivity contribution < 1.29 is 8.42 Å². The fourth-order valence-corrected chi connectivity index (χ4v) is 4.56. The molecular formula is C15H23ClN2O2S. The van der Waals surface area contributed by atoms with Crippen LogP contribution in [0.15, 0.2) is 17.0 Å². The first kappa shape index (κ1) is 16.6. The molecule has 0 aromatic heterocycles. The van der Waals surface area contributed by atoms with Crippen molar-refractivity contribution in [2.24, 2.45) is 11.8 Å². The van der Waals surface area contributed by atoms with Crippen LogP contribution in [0, 0.1) is 18.8 Å². The molecule has 1 fully saturated rings. The van der Waals surface area contributed by atoms with Gasteiger partial charge in [0.15, 0.2) is 0 Å². The molecule has 2 rings (SSSR count). The molecule has 118 valence electrons. The Morgan fingerprint density at radius 2 is 1.95 bits per heavy atom. The van der Waals surface area contributed by atoms with Crippen molar-refractivity contribution in [2.45, 2.75) is 51.0 Å². The Bertz CT molecular complexity index is 608. The molecule has 0 radical (unpaired) electrons. The fraction of sp³-hybridized carbons (Fsp3) is 0.600. The molecule has 0 saturated heterocycles. The van der Waals surface area contributed by atoms with Gasteiger partial charge in [0, 0.05) is 16.8 Å². The normalized spacial score (nSPS) is 26.8. The van der Waals surface area contributed by atoms with E-state index in [2.05, 4.69) is 18.6 Å². The van der Waals surface area contributed by atoms with Crippen LogP contribution in [-0.4, -0.2) is 14.5 Å². The molecule has 3 N–H and O–H groups in total. The van der Waals surface area contributed by atoms with E-state index in [1.807, 2.05) is 0 Å². The lowest BCUT2D eigenvalue weighted by Crippen LogP contribution is -2.43. The second-order valence-corrected chi connectivity index (χ2v) is 8.24. The van der Waals surface area contributed by atoms with Gasteiger partial charge in [0.2, 0.25) is 10.0 Å². The van der Waals surface area contributed by atoms with Crippen LogP contribution in [0.5, 0.6) is 0 Å². The van der Waals surface area contributed by atoms with Gasteiger partial charge in [-0.05, 0) is 42.9 Å². The number of nitrogens with one attached hydrogen (secondary N) is 1. The highest BCUT2D eigenvalue weighted by Crippen LogP contribution is 2.31. The minimum absolute atomic E-state index is 0.0277. The number of sulfonamides is 1. The highest BCUT2D eigenvalue weighted by atomic mass is 35.5. The molecule has 0 spiro atoms. The van der Waals surface area contributed by atoms with Gasteiger partial charge in [-0.2, -0.15) is 0 Å². The van der Waals surface area contributed by atoms with E-state index in [4.69, 9.17) is 17.3 Å². The molecule has 1 aromatic carbocycles. The summed E-state index contributed by atoms with van der Waals surface area (Å²) in [4.78, 5) is 0.140. The van der Waals surface area contributed by atoms with Crippen molar-refractivity contribution in [3.63, 3.8) is 0 Å². The van der Waals surface area contributed by atoms with Crippen molar-refractivity contribution in [3.05, 3.63) is 22.7 Å². The smallest absolute Gasteiger partial charge is 0.240 e. The van der Waals surface area contributed by atoms with Gasteiger partial charge in [-0.25, -0.2) is 13.1 Å². The average Bonchev–Trinajstić information content (AvgIpc) is 2.40. The van der Waals surface area contributed by atoms with E-state index >= 15 is 0 Å². The lowest BCUT2D eigenvalue weighted by atomic mass is 9.78. The van der Waals surface area contributed by atoms with Gasteiger partial charge < -0.3 is 5.73 Å². The molecule has 0 amide bonds. The van der Waals surface area contributed by atoms with Gasteiger partial charge in [0.1, 0.15) is 0 Å². The van der Waals surface area contributed by atoms with E-state index in [0.717, 1.165) is 19.3 Å². The number of hydrogen-bond donors (Lipinski definition) is 2. The number of anilines is 1. The molecule has 21 heavy (non-hydrogen) atoms. The summed E-state index contributed by atoms with van der Waals surface area (Å²) in [5.74, 6) is 0.852. The van der Waals surface area contributed by atoms with Gasteiger partial charge in [-0.3, -0.25) is 0 Å². The zero-order valence-electron chi connectivity index (χ0n) is 12.7. The quantitative estimate of drug-likeness (QED) is 0.835.